The first-order valence-electron chi connectivity index (χ1n) is 26.6. The van der Waals surface area contributed by atoms with Crippen LogP contribution < -0.4 is 22.5 Å². The van der Waals surface area contributed by atoms with Gasteiger partial charge in [0.25, 0.3) is 5.91 Å². The number of amides is 1. The number of rotatable bonds is 13. The summed E-state index contributed by atoms with van der Waals surface area (Å²) in [7, 11) is 0. The predicted octanol–water partition coefficient (Wildman–Crippen LogP) is 10.9. The molecule has 0 unspecified atom stereocenters. The number of aryl methyl sites for hydroxylation is 1. The summed E-state index contributed by atoms with van der Waals surface area (Å²) >= 11 is 4.06. The summed E-state index contributed by atoms with van der Waals surface area (Å²) in [6.07, 6.45) is 0.219. The molecule has 86 heavy (non-hydrogen) atoms. The number of aromatic carboxylic acids is 1. The Balaban J connectivity index is 0.000000232. The van der Waals surface area contributed by atoms with E-state index in [2.05, 4.69) is 47.8 Å². The lowest BCUT2D eigenvalue weighted by Gasteiger charge is -2.28. The lowest BCUT2D eigenvalue weighted by atomic mass is 9.84. The standard InChI is InChI=1S/C26H27F3N4O3.C17H17F2N3O3.C9H10FIO.C8H9FINO.CH4/c1-13-6-16(8-17(27)7-13)22(12-34)33-26(36)18-4-2-15(10-19(18)28)24-25(30)31-11-21(32-24)14-3-5-23(35)20(29)9-14;18-11-6-9(1-3-10(11)17(24)25)15-16(20)21-7-13(22-15)8-2-4-14(23)12(19)5-8;1-6(5-12)7-2-8(10)4-9(11)3-7;9-6-1-5(8(11)4-12)2-7(10)3-6;/h2,4,6-8,10-11,14,20,22-23,34-35H,3,5,9,12H2,1H3,(H2,30,31)(H,33,36);1,3,6-8,12,14,23H,2,4-5H2,(H2,20,21)(H,24,25);2-4,6,12H,5H2,1H3;1-3,8,12H,4,11H2;1H4/t14-,20-,22+,23-;8-,12-,14-;6-;8-;/m0011./s1. The van der Waals surface area contributed by atoms with Crippen LogP contribution in [-0.2, 0) is 0 Å². The number of nitrogen functional groups attached to an aromatic ring is 2. The molecular formula is C61H67F7I2N8O8. The number of hydrogen-bond donors (Lipinski definition) is 10. The van der Waals surface area contributed by atoms with Crippen LogP contribution in [0.3, 0.4) is 0 Å². The maximum atomic E-state index is 15.0. The van der Waals surface area contributed by atoms with E-state index in [-0.39, 0.29) is 97.0 Å². The third-order valence-electron chi connectivity index (χ3n) is 14.1. The van der Waals surface area contributed by atoms with Crippen molar-refractivity contribution in [3.8, 4) is 22.5 Å². The number of hydrogen-bond acceptors (Lipinski definition) is 14. The van der Waals surface area contributed by atoms with Gasteiger partial charge in [-0.15, -0.1) is 0 Å². The van der Waals surface area contributed by atoms with Crippen LogP contribution in [0.25, 0.3) is 22.5 Å². The van der Waals surface area contributed by atoms with Crippen molar-refractivity contribution in [3.05, 3.63) is 184 Å². The number of alkyl halides is 2. The van der Waals surface area contributed by atoms with Crippen molar-refractivity contribution in [1.82, 2.24) is 25.3 Å². The molecule has 9 atom stereocenters. The Morgan fingerprint density at radius 2 is 1.08 bits per heavy atom. The zero-order valence-corrected chi connectivity index (χ0v) is 50.1. The van der Waals surface area contributed by atoms with Gasteiger partial charge in [0.1, 0.15) is 64.5 Å². The molecule has 0 radical (unpaired) electrons. The lowest BCUT2D eigenvalue weighted by molar-refractivity contribution is 0.0363. The topological polar surface area (TPSA) is 297 Å². The largest absolute Gasteiger partial charge is 0.478 e. The van der Waals surface area contributed by atoms with Gasteiger partial charge in [-0.3, -0.25) is 4.79 Å². The minimum atomic E-state index is -1.37. The number of nitrogens with two attached hydrogens (primary N) is 3. The van der Waals surface area contributed by atoms with Crippen LogP contribution >= 0.6 is 45.2 Å². The Kier molecular flexibility index (Phi) is 26.6. The summed E-state index contributed by atoms with van der Waals surface area (Å²) in [6, 6.07) is 19.4. The molecule has 7 aromatic rings. The molecule has 2 aliphatic carbocycles. The molecule has 462 valence electrons. The third kappa shape index (κ3) is 19.3. The quantitative estimate of drug-likeness (QED) is 0.0379. The van der Waals surface area contributed by atoms with Crippen LogP contribution in [0.2, 0.25) is 0 Å². The van der Waals surface area contributed by atoms with Gasteiger partial charge in [-0.1, -0.05) is 32.5 Å². The number of halogens is 9. The van der Waals surface area contributed by atoms with Gasteiger partial charge in [0, 0.05) is 42.6 Å². The van der Waals surface area contributed by atoms with Gasteiger partial charge < -0.3 is 53.2 Å². The molecule has 0 aliphatic heterocycles. The van der Waals surface area contributed by atoms with Crippen LogP contribution in [0.1, 0.15) is 137 Å². The van der Waals surface area contributed by atoms with E-state index in [0.717, 1.165) is 30.9 Å². The number of benzene rings is 5. The van der Waals surface area contributed by atoms with Crippen LogP contribution in [0.15, 0.2) is 103 Å². The van der Waals surface area contributed by atoms with E-state index in [1.807, 2.05) is 35.6 Å². The number of nitrogens with zero attached hydrogens (tertiary/aromatic N) is 4. The van der Waals surface area contributed by atoms with E-state index < -0.39 is 78.1 Å². The van der Waals surface area contributed by atoms with Crippen molar-refractivity contribution in [2.75, 3.05) is 31.3 Å². The normalized spacial score (nSPS) is 19.1. The molecule has 16 nitrogen and oxygen atoms in total. The Hall–Kier alpha value is -6.47. The first kappa shape index (κ1) is 70.3. The van der Waals surface area contributed by atoms with Gasteiger partial charge in [-0.2, -0.15) is 0 Å². The molecule has 25 heteroatoms. The lowest BCUT2D eigenvalue weighted by Crippen LogP contribution is -2.31. The molecule has 0 bridgehead atoms. The maximum absolute atomic E-state index is 15.0. The number of carbonyl (C=O) groups is 2. The average Bonchev–Trinajstić information content (AvgIpc) is 1.54. The van der Waals surface area contributed by atoms with Crippen molar-refractivity contribution in [2.45, 2.75) is 114 Å². The molecular weight excluding hydrogens is 1360 g/mol. The summed E-state index contributed by atoms with van der Waals surface area (Å²) in [6.45, 7) is 2.92. The number of aliphatic hydroxyl groups excluding tert-OH is 5. The number of aromatic nitrogens is 4. The number of aliphatic hydroxyl groups is 5. The van der Waals surface area contributed by atoms with E-state index >= 15 is 4.39 Å². The van der Waals surface area contributed by atoms with E-state index in [1.54, 1.807) is 19.1 Å². The highest BCUT2D eigenvalue weighted by molar-refractivity contribution is 14.1. The minimum Gasteiger partial charge on any atom is -0.478 e. The van der Waals surface area contributed by atoms with Crippen molar-refractivity contribution in [2.24, 2.45) is 5.73 Å². The van der Waals surface area contributed by atoms with Gasteiger partial charge >= 0.3 is 5.97 Å². The number of nitrogens with one attached hydrogen (secondary N) is 1. The van der Waals surface area contributed by atoms with E-state index in [0.29, 0.717) is 59.3 Å². The molecule has 2 heterocycles. The van der Waals surface area contributed by atoms with Crippen LogP contribution in [0.4, 0.5) is 42.4 Å². The first-order chi connectivity index (χ1) is 40.3. The summed E-state index contributed by atoms with van der Waals surface area (Å²) in [5.41, 5.74) is 21.0. The number of carboxylic acids is 1. The highest BCUT2D eigenvalue weighted by Gasteiger charge is 2.33. The predicted molar refractivity (Wildman–Crippen MR) is 329 cm³/mol. The molecule has 13 N–H and O–H groups in total. The Labute approximate surface area is 519 Å². The molecule has 0 saturated heterocycles. The SMILES string of the molecule is C.C[C@H](CO)c1cc(F)cc(I)c1.Cc1cc(F)cc([C@@H](CO)NC(=O)c2ccc(-c3nc([C@H]4CC[C@H](O)[C@@H](F)C4)cnc3N)cc2F)c1.N[C@H](CO)c1cc(F)cc(I)c1.Nc1ncc([C@H]2CC[C@H](O)[C@@H](F)C2)nc1-c1ccc(C(=O)O)c(F)c1. The van der Waals surface area contributed by atoms with E-state index in [4.69, 9.17) is 32.5 Å². The fourth-order valence-corrected chi connectivity index (χ4v) is 10.7. The van der Waals surface area contributed by atoms with Gasteiger partial charge in [-0.25, -0.2) is 55.5 Å². The van der Waals surface area contributed by atoms with Crippen molar-refractivity contribution in [3.63, 3.8) is 0 Å². The zero-order valence-electron chi connectivity index (χ0n) is 45.8. The smallest absolute Gasteiger partial charge is 0.338 e. The Morgan fingerprint density at radius 3 is 1.50 bits per heavy atom. The molecule has 9 rings (SSSR count). The Bertz CT molecular complexity index is 3340. The van der Waals surface area contributed by atoms with Gasteiger partial charge in [0.15, 0.2) is 0 Å². The maximum Gasteiger partial charge on any atom is 0.338 e. The van der Waals surface area contributed by atoms with Gasteiger partial charge in [0.2, 0.25) is 0 Å². The zero-order chi connectivity index (χ0) is 62.4. The van der Waals surface area contributed by atoms with Crippen LogP contribution in [0, 0.1) is 43.2 Å². The fourth-order valence-electron chi connectivity index (χ4n) is 9.36. The van der Waals surface area contributed by atoms with E-state index in [1.165, 1.54) is 67.0 Å². The van der Waals surface area contributed by atoms with Crippen LogP contribution in [-0.4, -0.2) is 107 Å². The number of anilines is 2. The molecule has 1 amide bonds. The minimum absolute atomic E-state index is 0. The summed E-state index contributed by atoms with van der Waals surface area (Å²) in [5.74, 6) is -5.33. The van der Waals surface area contributed by atoms with Crippen molar-refractivity contribution >= 4 is 68.7 Å². The highest BCUT2D eigenvalue weighted by Crippen LogP contribution is 2.37. The van der Waals surface area contributed by atoms with Crippen molar-refractivity contribution < 1.29 is 71.0 Å². The average molecular weight is 1430 g/mol. The molecule has 2 aliphatic rings. The monoisotopic (exact) mass is 1430 g/mol. The molecule has 2 fully saturated rings. The summed E-state index contributed by atoms with van der Waals surface area (Å²) in [5, 5.41) is 57.8. The van der Waals surface area contributed by atoms with E-state index in [9.17, 15) is 51.3 Å². The molecule has 0 spiro atoms. The number of carboxylic acid groups (broad SMARTS) is 1. The second-order valence-electron chi connectivity index (χ2n) is 20.5. The third-order valence-corrected chi connectivity index (χ3v) is 15.3. The molecule has 5 aromatic carbocycles. The molecule has 2 saturated carbocycles. The second kappa shape index (κ2) is 32.5. The highest BCUT2D eigenvalue weighted by atomic mass is 127. The van der Waals surface area contributed by atoms with Gasteiger partial charge in [-0.05, 0) is 186 Å². The first-order valence-corrected chi connectivity index (χ1v) is 28.7. The number of carbonyl (C=O) groups excluding carboxylic acids is 1. The second-order valence-corrected chi connectivity index (χ2v) is 23.0. The van der Waals surface area contributed by atoms with Gasteiger partial charge in [0.05, 0.1) is 72.4 Å². The summed E-state index contributed by atoms with van der Waals surface area (Å²) in [4.78, 5) is 40.7. The fraction of sp³-hybridized carbons (Fsp3) is 0.344. The molecule has 2 aromatic heterocycles. The van der Waals surface area contributed by atoms with Crippen molar-refractivity contribution in [1.29, 1.82) is 0 Å². The van der Waals surface area contributed by atoms with Crippen LogP contribution in [0.5, 0.6) is 0 Å². The Morgan fingerprint density at radius 1 is 0.628 bits per heavy atom. The summed E-state index contributed by atoms with van der Waals surface area (Å²) < 4.78 is 97.7.